The maximum absolute atomic E-state index is 10.8. The van der Waals surface area contributed by atoms with Crippen molar-refractivity contribution in [3.8, 4) is 0 Å². The topological polar surface area (TPSA) is 46.9 Å². The van der Waals surface area contributed by atoms with Gasteiger partial charge >= 0.3 is 0 Å². The lowest BCUT2D eigenvalue weighted by atomic mass is 10.4. The molecule has 10 heavy (non-hydrogen) atoms. The molecule has 52 valence electrons. The molecule has 4 heteroatoms. The lowest BCUT2D eigenvalue weighted by molar-refractivity contribution is -0.122. The van der Waals surface area contributed by atoms with Crippen molar-refractivity contribution in [3.63, 3.8) is 0 Å². The van der Waals surface area contributed by atoms with E-state index >= 15 is 0 Å². The highest BCUT2D eigenvalue weighted by Crippen LogP contribution is 2.01. The van der Waals surface area contributed by atoms with Crippen molar-refractivity contribution < 1.29 is 4.79 Å². The third-order valence-electron chi connectivity index (χ3n) is 1.56. The van der Waals surface area contributed by atoms with Crippen LogP contribution in [0, 0.1) is 0 Å². The molecule has 0 bridgehead atoms. The van der Waals surface area contributed by atoms with Crippen LogP contribution >= 0.6 is 0 Å². The molecule has 0 aliphatic carbocycles. The van der Waals surface area contributed by atoms with Gasteiger partial charge in [0.25, 0.3) is 0 Å². The minimum atomic E-state index is 0.0606. The Balaban J connectivity index is 2.39. The van der Waals surface area contributed by atoms with Crippen molar-refractivity contribution >= 4 is 5.91 Å². The Kier molecular flexibility index (Phi) is 1.00. The fourth-order valence-electron chi connectivity index (χ4n) is 1.04. The Labute approximate surface area is 57.9 Å². The summed E-state index contributed by atoms with van der Waals surface area (Å²) in [5.74, 6) is 0.991. The third-order valence-corrected chi connectivity index (χ3v) is 1.56. The number of amides is 1. The second kappa shape index (κ2) is 1.83. The van der Waals surface area contributed by atoms with Crippen LogP contribution in [0.25, 0.3) is 0 Å². The molecule has 2 rings (SSSR count). The van der Waals surface area contributed by atoms with Crippen LogP contribution in [0.15, 0.2) is 12.4 Å². The fraction of sp³-hybridized carbons (Fsp3) is 0.333. The van der Waals surface area contributed by atoms with Gasteiger partial charge in [0, 0.05) is 12.4 Å². The lowest BCUT2D eigenvalue weighted by Gasteiger charge is -2.13. The zero-order valence-corrected chi connectivity index (χ0v) is 5.37. The summed E-state index contributed by atoms with van der Waals surface area (Å²) in [6.07, 6.45) is 3.52. The molecule has 0 aromatic carbocycles. The van der Waals surface area contributed by atoms with Crippen molar-refractivity contribution in [2.45, 2.75) is 13.1 Å². The highest BCUT2D eigenvalue weighted by molar-refractivity contribution is 5.76. The summed E-state index contributed by atoms with van der Waals surface area (Å²) in [7, 11) is 0. The van der Waals surface area contributed by atoms with Gasteiger partial charge < -0.3 is 9.88 Å². The highest BCUT2D eigenvalue weighted by atomic mass is 16.2. The van der Waals surface area contributed by atoms with Crippen LogP contribution in [0.5, 0.6) is 0 Å². The van der Waals surface area contributed by atoms with E-state index < -0.39 is 0 Å². The number of rotatable bonds is 0. The number of fused-ring (bicyclic) bond motifs is 1. The van der Waals surface area contributed by atoms with E-state index in [2.05, 4.69) is 10.3 Å². The number of aromatic nitrogens is 2. The summed E-state index contributed by atoms with van der Waals surface area (Å²) in [5, 5.41) is 2.70. The average molecular weight is 137 g/mol. The quantitative estimate of drug-likeness (QED) is 0.524. The minimum Gasteiger partial charge on any atom is -0.347 e. The van der Waals surface area contributed by atoms with Crippen molar-refractivity contribution in [1.82, 2.24) is 14.9 Å². The van der Waals surface area contributed by atoms with Crippen LogP contribution in [0.1, 0.15) is 5.82 Å². The number of hydrogen-bond acceptors (Lipinski definition) is 2. The third kappa shape index (κ3) is 0.689. The second-order valence-corrected chi connectivity index (χ2v) is 2.25. The van der Waals surface area contributed by atoms with Gasteiger partial charge in [-0.25, -0.2) is 4.98 Å². The van der Waals surface area contributed by atoms with Gasteiger partial charge in [-0.15, -0.1) is 0 Å². The van der Waals surface area contributed by atoms with E-state index in [1.807, 2.05) is 10.8 Å². The number of imidazole rings is 1. The first-order chi connectivity index (χ1) is 4.86. The van der Waals surface area contributed by atoms with Crippen LogP contribution < -0.4 is 5.32 Å². The summed E-state index contributed by atoms with van der Waals surface area (Å²) < 4.78 is 1.85. The summed E-state index contributed by atoms with van der Waals surface area (Å²) >= 11 is 0. The number of nitrogens with one attached hydrogen (secondary N) is 1. The largest absolute Gasteiger partial charge is 0.347 e. The van der Waals surface area contributed by atoms with E-state index in [1.165, 1.54) is 0 Å². The fourth-order valence-corrected chi connectivity index (χ4v) is 1.04. The predicted octanol–water partition coefficient (Wildman–Crippen LogP) is -0.487. The number of nitrogens with zero attached hydrogens (tertiary/aromatic N) is 2. The van der Waals surface area contributed by atoms with Crippen molar-refractivity contribution in [1.29, 1.82) is 0 Å². The van der Waals surface area contributed by atoms with Crippen molar-refractivity contribution in [2.75, 3.05) is 0 Å². The van der Waals surface area contributed by atoms with E-state index in [0.29, 0.717) is 13.1 Å². The van der Waals surface area contributed by atoms with Crippen molar-refractivity contribution in [3.05, 3.63) is 18.2 Å². The minimum absolute atomic E-state index is 0.0606. The SMILES string of the molecule is O=C1Cn2ccnc2CN1. The zero-order valence-electron chi connectivity index (χ0n) is 5.37. The van der Waals surface area contributed by atoms with Crippen molar-refractivity contribution in [2.24, 2.45) is 0 Å². The smallest absolute Gasteiger partial charge is 0.240 e. The summed E-state index contributed by atoms with van der Waals surface area (Å²) in [4.78, 5) is 14.8. The molecular formula is C6H7N3O. The molecule has 1 aliphatic rings. The molecule has 0 saturated heterocycles. The van der Waals surface area contributed by atoms with Gasteiger partial charge in [0.05, 0.1) is 6.54 Å². The molecule has 1 amide bonds. The van der Waals surface area contributed by atoms with Gasteiger partial charge in [-0.2, -0.15) is 0 Å². The lowest BCUT2D eigenvalue weighted by Crippen LogP contribution is -2.33. The first-order valence-electron chi connectivity index (χ1n) is 3.13. The molecule has 0 unspecified atom stereocenters. The van der Waals surface area contributed by atoms with E-state index in [9.17, 15) is 4.79 Å². The van der Waals surface area contributed by atoms with Gasteiger partial charge in [0.2, 0.25) is 5.91 Å². The molecule has 0 fully saturated rings. The van der Waals surface area contributed by atoms with Gasteiger partial charge in [-0.1, -0.05) is 0 Å². The van der Waals surface area contributed by atoms with Gasteiger partial charge in [-0.3, -0.25) is 4.79 Å². The average Bonchev–Trinajstić information content (AvgIpc) is 2.33. The number of hydrogen-bond donors (Lipinski definition) is 1. The van der Waals surface area contributed by atoms with Crippen LogP contribution in [-0.2, 0) is 17.9 Å². The molecule has 0 saturated carbocycles. The van der Waals surface area contributed by atoms with Crippen LogP contribution in [0.2, 0.25) is 0 Å². The van der Waals surface area contributed by atoms with Crippen LogP contribution in [0.3, 0.4) is 0 Å². The molecule has 1 N–H and O–H groups in total. The Morgan fingerprint density at radius 2 is 2.60 bits per heavy atom. The molecule has 1 aromatic rings. The second-order valence-electron chi connectivity index (χ2n) is 2.25. The van der Waals surface area contributed by atoms with E-state index in [0.717, 1.165) is 5.82 Å². The number of carbonyl (C=O) groups is 1. The number of carbonyl (C=O) groups excluding carboxylic acids is 1. The van der Waals surface area contributed by atoms with E-state index in [-0.39, 0.29) is 5.91 Å². The Hall–Kier alpha value is -1.32. The molecular weight excluding hydrogens is 130 g/mol. The normalized spacial score (nSPS) is 16.2. The highest BCUT2D eigenvalue weighted by Gasteiger charge is 2.12. The molecule has 0 atom stereocenters. The maximum atomic E-state index is 10.8. The Bertz CT molecular complexity index is 266. The van der Waals surface area contributed by atoms with Gasteiger partial charge in [-0.05, 0) is 0 Å². The molecule has 0 radical (unpaired) electrons. The summed E-state index contributed by atoms with van der Waals surface area (Å²) in [6, 6.07) is 0. The van der Waals surface area contributed by atoms with Gasteiger partial charge in [0.15, 0.2) is 0 Å². The first-order valence-corrected chi connectivity index (χ1v) is 3.13. The summed E-state index contributed by atoms with van der Waals surface area (Å²) in [6.45, 7) is 0.973. The Morgan fingerprint density at radius 1 is 1.70 bits per heavy atom. The summed E-state index contributed by atoms with van der Waals surface area (Å²) in [5.41, 5.74) is 0. The standard InChI is InChI=1S/C6H7N3O/c10-6-4-9-2-1-7-5(9)3-8-6/h1-2H,3-4H2,(H,8,10). The van der Waals surface area contributed by atoms with E-state index in [1.54, 1.807) is 6.20 Å². The van der Waals surface area contributed by atoms with Crippen LogP contribution in [-0.4, -0.2) is 15.5 Å². The monoisotopic (exact) mass is 137 g/mol. The zero-order chi connectivity index (χ0) is 6.97. The van der Waals surface area contributed by atoms with E-state index in [4.69, 9.17) is 0 Å². The maximum Gasteiger partial charge on any atom is 0.240 e. The molecule has 1 aliphatic heterocycles. The molecule has 2 heterocycles. The molecule has 1 aromatic heterocycles. The van der Waals surface area contributed by atoms with Crippen LogP contribution in [0.4, 0.5) is 0 Å². The van der Waals surface area contributed by atoms with Gasteiger partial charge in [0.1, 0.15) is 12.4 Å². The molecule has 0 spiro atoms. The Morgan fingerprint density at radius 3 is 3.50 bits per heavy atom. The first kappa shape index (κ1) is 5.46. The predicted molar refractivity (Wildman–Crippen MR) is 34.1 cm³/mol. The molecule has 4 nitrogen and oxygen atoms in total.